The maximum absolute atomic E-state index is 14.0. The highest BCUT2D eigenvalue weighted by molar-refractivity contribution is 5.92. The molecule has 0 saturated heterocycles. The van der Waals surface area contributed by atoms with Crippen molar-refractivity contribution in [3.8, 4) is 0 Å². The molecule has 1 rings (SSSR count). The number of nitrogens with one attached hydrogen (secondary N) is 2. The van der Waals surface area contributed by atoms with Gasteiger partial charge in [-0.05, 0) is 70.9 Å². The van der Waals surface area contributed by atoms with Crippen molar-refractivity contribution in [2.75, 3.05) is 6.54 Å². The minimum Gasteiger partial charge on any atom is -0.444 e. The van der Waals surface area contributed by atoms with Gasteiger partial charge in [0.15, 0.2) is 0 Å². The van der Waals surface area contributed by atoms with Gasteiger partial charge in [-0.15, -0.1) is 0 Å². The minimum absolute atomic E-state index is 0.0102. The molecule has 35 heavy (non-hydrogen) atoms. The Kier molecular flexibility index (Phi) is 12.3. The molecule has 0 aliphatic heterocycles. The lowest BCUT2D eigenvalue weighted by molar-refractivity contribution is -0.143. The number of rotatable bonds is 12. The lowest BCUT2D eigenvalue weighted by atomic mass is 9.96. The van der Waals surface area contributed by atoms with Crippen LogP contribution in [0.5, 0.6) is 0 Å². The van der Waals surface area contributed by atoms with Crippen molar-refractivity contribution >= 4 is 17.9 Å². The first-order valence-electron chi connectivity index (χ1n) is 13.0. The van der Waals surface area contributed by atoms with E-state index >= 15 is 0 Å². The second-order valence-corrected chi connectivity index (χ2v) is 10.8. The van der Waals surface area contributed by atoms with Crippen molar-refractivity contribution in [1.29, 1.82) is 0 Å². The largest absolute Gasteiger partial charge is 0.444 e. The minimum atomic E-state index is -0.802. The van der Waals surface area contributed by atoms with Crippen LogP contribution in [0.2, 0.25) is 0 Å². The first kappa shape index (κ1) is 30.5. The summed E-state index contributed by atoms with van der Waals surface area (Å²) < 4.78 is 5.43. The van der Waals surface area contributed by atoms with Crippen LogP contribution >= 0.6 is 0 Å². The fraction of sp³-hybridized carbons (Fsp3) is 0.679. The zero-order valence-electron chi connectivity index (χ0n) is 23.2. The van der Waals surface area contributed by atoms with Crippen LogP contribution < -0.4 is 10.6 Å². The number of amides is 3. The van der Waals surface area contributed by atoms with Crippen molar-refractivity contribution in [2.24, 2.45) is 5.92 Å². The molecule has 0 fully saturated rings. The van der Waals surface area contributed by atoms with Crippen molar-refractivity contribution in [2.45, 2.75) is 112 Å². The molecule has 3 amide bonds. The molecule has 7 heteroatoms. The highest BCUT2D eigenvalue weighted by atomic mass is 16.6. The summed E-state index contributed by atoms with van der Waals surface area (Å²) in [4.78, 5) is 41.9. The molecule has 0 bridgehead atoms. The van der Waals surface area contributed by atoms with E-state index in [9.17, 15) is 14.4 Å². The fourth-order valence-electron chi connectivity index (χ4n) is 4.12. The molecule has 0 aliphatic rings. The number of carbonyl (C=O) groups excluding carboxylic acids is 3. The number of nitrogens with zero attached hydrogens (tertiary/aromatic N) is 1. The van der Waals surface area contributed by atoms with Crippen LogP contribution in [-0.2, 0) is 14.3 Å². The van der Waals surface area contributed by atoms with E-state index in [0.29, 0.717) is 19.4 Å². The smallest absolute Gasteiger partial charge is 0.408 e. The van der Waals surface area contributed by atoms with Gasteiger partial charge in [-0.2, -0.15) is 0 Å². The van der Waals surface area contributed by atoms with E-state index in [0.717, 1.165) is 24.0 Å². The highest BCUT2D eigenvalue weighted by Gasteiger charge is 2.37. The molecule has 3 atom stereocenters. The summed E-state index contributed by atoms with van der Waals surface area (Å²) in [7, 11) is 0. The number of ether oxygens (including phenoxy) is 1. The molecule has 2 N–H and O–H groups in total. The first-order chi connectivity index (χ1) is 16.3. The Morgan fingerprint density at radius 3 is 2.14 bits per heavy atom. The summed E-state index contributed by atoms with van der Waals surface area (Å²) in [5, 5.41) is 5.89. The van der Waals surface area contributed by atoms with E-state index in [1.165, 1.54) is 0 Å². The second-order valence-electron chi connectivity index (χ2n) is 10.8. The molecule has 1 aromatic rings. The average molecular weight is 490 g/mol. The topological polar surface area (TPSA) is 87.7 Å². The third kappa shape index (κ3) is 10.3. The SMILES string of the molecule is CCCC(C)NC(=O)C(c1ccccc1C)N(CCC)C(=O)C(CC(C)C)NC(=O)OC(C)(C)C. The van der Waals surface area contributed by atoms with Crippen LogP contribution in [0.15, 0.2) is 24.3 Å². The normalized spacial score (nSPS) is 14.1. The zero-order chi connectivity index (χ0) is 26.8. The molecule has 3 unspecified atom stereocenters. The molecule has 0 radical (unpaired) electrons. The van der Waals surface area contributed by atoms with Gasteiger partial charge >= 0.3 is 6.09 Å². The molecule has 0 spiro atoms. The van der Waals surface area contributed by atoms with Gasteiger partial charge in [0.1, 0.15) is 17.7 Å². The predicted octanol–water partition coefficient (Wildman–Crippen LogP) is 5.52. The van der Waals surface area contributed by atoms with Gasteiger partial charge in [-0.3, -0.25) is 9.59 Å². The molecule has 7 nitrogen and oxygen atoms in total. The number of aryl methyl sites for hydroxylation is 1. The van der Waals surface area contributed by atoms with E-state index in [1.54, 1.807) is 25.7 Å². The highest BCUT2D eigenvalue weighted by Crippen LogP contribution is 2.27. The number of hydrogen-bond donors (Lipinski definition) is 2. The fourth-order valence-corrected chi connectivity index (χ4v) is 4.12. The second kappa shape index (κ2) is 14.1. The number of carbonyl (C=O) groups is 3. The molecule has 0 aromatic heterocycles. The summed E-state index contributed by atoms with van der Waals surface area (Å²) in [5.74, 6) is -0.335. The Labute approximate surface area is 212 Å². The summed E-state index contributed by atoms with van der Waals surface area (Å²) >= 11 is 0. The van der Waals surface area contributed by atoms with Crippen molar-refractivity contribution in [3.63, 3.8) is 0 Å². The molecule has 198 valence electrons. The molecular weight excluding hydrogens is 442 g/mol. The third-order valence-corrected chi connectivity index (χ3v) is 5.60. The lowest BCUT2D eigenvalue weighted by Gasteiger charge is -2.36. The van der Waals surface area contributed by atoms with Crippen LogP contribution in [0, 0.1) is 12.8 Å². The predicted molar refractivity (Wildman–Crippen MR) is 141 cm³/mol. The summed E-state index contributed by atoms with van der Waals surface area (Å²) in [6.45, 7) is 17.7. The van der Waals surface area contributed by atoms with Crippen LogP contribution in [0.3, 0.4) is 0 Å². The summed E-state index contributed by atoms with van der Waals surface area (Å²) in [6, 6.07) is 6.05. The van der Waals surface area contributed by atoms with Crippen LogP contribution in [0.1, 0.15) is 98.2 Å². The third-order valence-electron chi connectivity index (χ3n) is 5.60. The van der Waals surface area contributed by atoms with E-state index in [2.05, 4.69) is 17.6 Å². The Bertz CT molecular complexity index is 832. The van der Waals surface area contributed by atoms with E-state index in [4.69, 9.17) is 4.74 Å². The number of hydrogen-bond acceptors (Lipinski definition) is 4. The van der Waals surface area contributed by atoms with Crippen molar-refractivity contribution < 1.29 is 19.1 Å². The van der Waals surface area contributed by atoms with Gasteiger partial charge in [-0.25, -0.2) is 4.79 Å². The monoisotopic (exact) mass is 489 g/mol. The Morgan fingerprint density at radius 1 is 1.00 bits per heavy atom. The summed E-state index contributed by atoms with van der Waals surface area (Å²) in [6.07, 6.45) is 2.27. The van der Waals surface area contributed by atoms with E-state index < -0.39 is 23.8 Å². The van der Waals surface area contributed by atoms with Gasteiger partial charge in [0.05, 0.1) is 0 Å². The average Bonchev–Trinajstić information content (AvgIpc) is 2.72. The molecule has 1 aromatic carbocycles. The van der Waals surface area contributed by atoms with Gasteiger partial charge < -0.3 is 20.3 Å². The molecule has 0 aliphatic carbocycles. The maximum Gasteiger partial charge on any atom is 0.408 e. The van der Waals surface area contributed by atoms with Crippen LogP contribution in [0.4, 0.5) is 4.79 Å². The van der Waals surface area contributed by atoms with E-state index in [-0.39, 0.29) is 23.8 Å². The quantitative estimate of drug-likeness (QED) is 0.405. The molecule has 0 heterocycles. The summed E-state index contributed by atoms with van der Waals surface area (Å²) in [5.41, 5.74) is 1.04. The zero-order valence-corrected chi connectivity index (χ0v) is 23.2. The maximum atomic E-state index is 14.0. The van der Waals surface area contributed by atoms with Gasteiger partial charge in [-0.1, -0.05) is 58.4 Å². The van der Waals surface area contributed by atoms with Crippen molar-refractivity contribution in [3.05, 3.63) is 35.4 Å². The first-order valence-corrected chi connectivity index (χ1v) is 13.0. The number of benzene rings is 1. The standard InChI is InChI=1S/C28H47N3O4/c1-10-14-21(6)29-25(32)24(22-16-13-12-15-20(22)5)31(17-11-2)26(33)23(18-19(3)4)30-27(34)35-28(7,8)9/h12-13,15-16,19,21,23-24H,10-11,14,17-18H2,1-9H3,(H,29,32)(H,30,34). The van der Waals surface area contributed by atoms with Gasteiger partial charge in [0, 0.05) is 12.6 Å². The molecule has 0 saturated carbocycles. The number of alkyl carbamates (subject to hydrolysis) is 1. The van der Waals surface area contributed by atoms with E-state index in [1.807, 2.05) is 58.9 Å². The lowest BCUT2D eigenvalue weighted by Crippen LogP contribution is -2.54. The van der Waals surface area contributed by atoms with Gasteiger partial charge in [0.2, 0.25) is 11.8 Å². The Hall–Kier alpha value is -2.57. The van der Waals surface area contributed by atoms with Crippen LogP contribution in [0.25, 0.3) is 0 Å². The molecular formula is C28H47N3O4. The Morgan fingerprint density at radius 2 is 1.63 bits per heavy atom. The van der Waals surface area contributed by atoms with Crippen LogP contribution in [-0.4, -0.2) is 47.0 Å². The van der Waals surface area contributed by atoms with Gasteiger partial charge in [0.25, 0.3) is 0 Å². The van der Waals surface area contributed by atoms with Crippen molar-refractivity contribution in [1.82, 2.24) is 15.5 Å². The Balaban J connectivity index is 3.44.